The second-order valence-electron chi connectivity index (χ2n) is 5.24. The van der Waals surface area contributed by atoms with Crippen LogP contribution < -0.4 is 9.47 Å². The fourth-order valence-electron chi connectivity index (χ4n) is 1.93. The van der Waals surface area contributed by atoms with Crippen molar-refractivity contribution >= 4 is 27.7 Å². The van der Waals surface area contributed by atoms with E-state index in [2.05, 4.69) is 0 Å². The first kappa shape index (κ1) is 19.3. The second-order valence-corrected chi connectivity index (χ2v) is 7.61. The van der Waals surface area contributed by atoms with Crippen molar-refractivity contribution < 1.29 is 17.9 Å². The van der Waals surface area contributed by atoms with E-state index in [0.29, 0.717) is 10.8 Å². The van der Waals surface area contributed by atoms with E-state index in [0.717, 1.165) is 11.3 Å². The monoisotopic (exact) mass is 381 g/mol. The highest BCUT2D eigenvalue weighted by Crippen LogP contribution is 2.17. The highest BCUT2D eigenvalue weighted by atomic mass is 35.5. The molecule has 2 aromatic carbocycles. The van der Waals surface area contributed by atoms with Crippen LogP contribution in [0, 0.1) is 0 Å². The third kappa shape index (κ3) is 6.08. The Balaban J connectivity index is 1.87. The van der Waals surface area contributed by atoms with Gasteiger partial charge in [-0.3, -0.25) is 0 Å². The van der Waals surface area contributed by atoms with E-state index in [1.54, 1.807) is 55.6 Å². The second kappa shape index (κ2) is 8.89. The fraction of sp³-hybridized carbons (Fsp3) is 0.222. The summed E-state index contributed by atoms with van der Waals surface area (Å²) < 4.78 is 36.3. The molecule has 0 heterocycles. The van der Waals surface area contributed by atoms with Crippen molar-refractivity contribution in [2.75, 3.05) is 27.3 Å². The van der Waals surface area contributed by atoms with Crippen LogP contribution in [0.15, 0.2) is 53.9 Å². The highest BCUT2D eigenvalue weighted by molar-refractivity contribution is 7.92. The largest absolute Gasteiger partial charge is 0.497 e. The minimum absolute atomic E-state index is 0.235. The topological polar surface area (TPSA) is 55.8 Å². The maximum atomic E-state index is 12.2. The Morgan fingerprint density at radius 1 is 1.04 bits per heavy atom. The molecule has 134 valence electrons. The molecule has 0 radical (unpaired) electrons. The third-order valence-corrected chi connectivity index (χ3v) is 5.25. The molecule has 0 aliphatic heterocycles. The van der Waals surface area contributed by atoms with E-state index in [-0.39, 0.29) is 13.2 Å². The van der Waals surface area contributed by atoms with Crippen LogP contribution in [0.25, 0.3) is 6.08 Å². The van der Waals surface area contributed by atoms with Gasteiger partial charge in [0.15, 0.2) is 0 Å². The molecule has 0 saturated carbocycles. The Labute approximate surface area is 153 Å². The number of benzene rings is 2. The summed E-state index contributed by atoms with van der Waals surface area (Å²) in [7, 11) is -0.411. The molecule has 0 aliphatic carbocycles. The number of rotatable bonds is 8. The number of likely N-dealkylation sites (N-methyl/N-ethyl adjacent to an activating group) is 1. The Morgan fingerprint density at radius 2 is 1.64 bits per heavy atom. The normalized spacial score (nSPS) is 11.8. The van der Waals surface area contributed by atoms with Gasteiger partial charge in [-0.2, -0.15) is 4.31 Å². The van der Waals surface area contributed by atoms with Crippen molar-refractivity contribution in [2.24, 2.45) is 0 Å². The maximum absolute atomic E-state index is 12.2. The van der Waals surface area contributed by atoms with Gasteiger partial charge in [-0.05, 0) is 48.0 Å². The number of methoxy groups -OCH3 is 1. The van der Waals surface area contributed by atoms with Crippen LogP contribution in [-0.2, 0) is 10.0 Å². The summed E-state index contributed by atoms with van der Waals surface area (Å²) in [6.07, 6.45) is 1.53. The maximum Gasteiger partial charge on any atom is 0.236 e. The van der Waals surface area contributed by atoms with Crippen LogP contribution in [0.1, 0.15) is 5.56 Å². The summed E-state index contributed by atoms with van der Waals surface area (Å²) in [6, 6.07) is 14.0. The van der Waals surface area contributed by atoms with Crippen molar-refractivity contribution in [3.8, 4) is 11.5 Å². The molecule has 5 nitrogen and oxygen atoms in total. The molecular formula is C18H20ClNO4S. The molecule has 0 aliphatic rings. The molecule has 0 spiro atoms. The summed E-state index contributed by atoms with van der Waals surface area (Å²) in [5.74, 6) is 1.39. The first-order valence-electron chi connectivity index (χ1n) is 7.57. The zero-order chi connectivity index (χ0) is 18.3. The fourth-order valence-corrected chi connectivity index (χ4v) is 2.93. The SMILES string of the molecule is COc1ccc(OCCN(C)S(=O)(=O)/C=C/c2ccc(Cl)cc2)cc1. The van der Waals surface area contributed by atoms with E-state index in [1.807, 2.05) is 0 Å². The molecule has 2 aromatic rings. The molecule has 0 fully saturated rings. The van der Waals surface area contributed by atoms with Crippen LogP contribution in [-0.4, -0.2) is 40.0 Å². The molecule has 0 aromatic heterocycles. The summed E-state index contributed by atoms with van der Waals surface area (Å²) in [5, 5.41) is 1.77. The zero-order valence-corrected chi connectivity index (χ0v) is 15.6. The van der Waals surface area contributed by atoms with Gasteiger partial charge in [0.25, 0.3) is 0 Å². The average Bonchev–Trinajstić information content (AvgIpc) is 2.61. The summed E-state index contributed by atoms with van der Waals surface area (Å²) >= 11 is 5.81. The van der Waals surface area contributed by atoms with Gasteiger partial charge in [0.2, 0.25) is 10.0 Å². The van der Waals surface area contributed by atoms with E-state index < -0.39 is 10.0 Å². The van der Waals surface area contributed by atoms with Crippen molar-refractivity contribution in [2.45, 2.75) is 0 Å². The molecule has 0 bridgehead atoms. The Hall–Kier alpha value is -2.02. The number of ether oxygens (including phenoxy) is 2. The smallest absolute Gasteiger partial charge is 0.236 e. The van der Waals surface area contributed by atoms with Crippen LogP contribution in [0.2, 0.25) is 5.02 Å². The molecular weight excluding hydrogens is 362 g/mol. The van der Waals surface area contributed by atoms with Crippen molar-refractivity contribution in [1.82, 2.24) is 4.31 Å². The number of halogens is 1. The standard InChI is InChI=1S/C18H20ClNO4S/c1-20(12-13-24-18-9-7-17(23-2)8-10-18)25(21,22)14-11-15-3-5-16(19)6-4-15/h3-11,14H,12-13H2,1-2H3/b14-11+. The Morgan fingerprint density at radius 3 is 2.24 bits per heavy atom. The van der Waals surface area contributed by atoms with Gasteiger partial charge in [0, 0.05) is 24.0 Å². The van der Waals surface area contributed by atoms with Gasteiger partial charge in [0.1, 0.15) is 18.1 Å². The van der Waals surface area contributed by atoms with Crippen molar-refractivity contribution in [3.05, 3.63) is 64.5 Å². The number of nitrogens with zero attached hydrogens (tertiary/aromatic N) is 1. The first-order chi connectivity index (χ1) is 11.9. The highest BCUT2D eigenvalue weighted by Gasteiger charge is 2.13. The summed E-state index contributed by atoms with van der Waals surface area (Å²) in [4.78, 5) is 0. The quantitative estimate of drug-likeness (QED) is 0.700. The molecule has 2 rings (SSSR count). The number of sulfonamides is 1. The zero-order valence-electron chi connectivity index (χ0n) is 14.1. The van der Waals surface area contributed by atoms with Crippen LogP contribution in [0.4, 0.5) is 0 Å². The molecule has 0 N–H and O–H groups in total. The first-order valence-corrected chi connectivity index (χ1v) is 9.46. The molecule has 0 unspecified atom stereocenters. The molecule has 0 atom stereocenters. The molecule has 0 amide bonds. The van der Waals surface area contributed by atoms with Gasteiger partial charge in [-0.15, -0.1) is 0 Å². The predicted octanol–water partition coefficient (Wildman–Crippen LogP) is 3.66. The Kier molecular flexibility index (Phi) is 6.87. The lowest BCUT2D eigenvalue weighted by atomic mass is 10.2. The van der Waals surface area contributed by atoms with Crippen LogP contribution in [0.5, 0.6) is 11.5 Å². The van der Waals surface area contributed by atoms with E-state index in [4.69, 9.17) is 21.1 Å². The lowest BCUT2D eigenvalue weighted by molar-refractivity contribution is 0.287. The van der Waals surface area contributed by atoms with Gasteiger partial charge < -0.3 is 9.47 Å². The van der Waals surface area contributed by atoms with E-state index in [9.17, 15) is 8.42 Å². The minimum atomic E-state index is -3.51. The van der Waals surface area contributed by atoms with E-state index in [1.165, 1.54) is 22.8 Å². The van der Waals surface area contributed by atoms with Crippen LogP contribution in [0.3, 0.4) is 0 Å². The molecule has 25 heavy (non-hydrogen) atoms. The predicted molar refractivity (Wildman–Crippen MR) is 101 cm³/mol. The van der Waals surface area contributed by atoms with E-state index >= 15 is 0 Å². The van der Waals surface area contributed by atoms with Crippen LogP contribution >= 0.6 is 11.6 Å². The van der Waals surface area contributed by atoms with Crippen molar-refractivity contribution in [1.29, 1.82) is 0 Å². The van der Waals surface area contributed by atoms with Gasteiger partial charge in [-0.1, -0.05) is 23.7 Å². The summed E-state index contributed by atoms with van der Waals surface area (Å²) in [5.41, 5.74) is 0.760. The summed E-state index contributed by atoms with van der Waals surface area (Å²) in [6.45, 7) is 0.482. The van der Waals surface area contributed by atoms with Crippen molar-refractivity contribution in [3.63, 3.8) is 0 Å². The lowest BCUT2D eigenvalue weighted by Crippen LogP contribution is -2.29. The van der Waals surface area contributed by atoms with Gasteiger partial charge >= 0.3 is 0 Å². The number of hydrogen-bond acceptors (Lipinski definition) is 4. The van der Waals surface area contributed by atoms with Gasteiger partial charge in [0.05, 0.1) is 7.11 Å². The molecule has 0 saturated heterocycles. The number of hydrogen-bond donors (Lipinski definition) is 0. The molecule has 7 heteroatoms. The lowest BCUT2D eigenvalue weighted by Gasteiger charge is -2.15. The third-order valence-electron chi connectivity index (χ3n) is 3.47. The minimum Gasteiger partial charge on any atom is -0.497 e. The average molecular weight is 382 g/mol. The Bertz CT molecular complexity index is 802. The van der Waals surface area contributed by atoms with Gasteiger partial charge in [-0.25, -0.2) is 8.42 Å².